The summed E-state index contributed by atoms with van der Waals surface area (Å²) in [5.74, 6) is -0.781. The Labute approximate surface area is 108 Å². The molecule has 0 amide bonds. The summed E-state index contributed by atoms with van der Waals surface area (Å²) >= 11 is 1.73. The fourth-order valence-corrected chi connectivity index (χ4v) is 5.05. The summed E-state index contributed by atoms with van der Waals surface area (Å²) < 4.78 is 0. The van der Waals surface area contributed by atoms with Crippen LogP contribution in [-0.2, 0) is 11.2 Å². The molecule has 1 saturated carbocycles. The number of nitrogens with one attached hydrogen (secondary N) is 1. The third-order valence-electron chi connectivity index (χ3n) is 4.30. The largest absolute Gasteiger partial charge is 0.478 e. The Bertz CT molecular complexity index is 669. The molecule has 2 atom stereocenters. The SMILES string of the molecule is O=C(O)C1=C2SC3CC34Nc3cccc(c3N24)C1. The Morgan fingerprint density at radius 3 is 3.28 bits per heavy atom. The van der Waals surface area contributed by atoms with Gasteiger partial charge in [-0.3, -0.25) is 0 Å². The lowest BCUT2D eigenvalue weighted by atomic mass is 9.99. The fraction of sp³-hybridized carbons (Fsp3) is 0.308. The van der Waals surface area contributed by atoms with Crippen molar-refractivity contribution in [2.24, 2.45) is 0 Å². The number of para-hydroxylation sites is 1. The Kier molecular flexibility index (Phi) is 1.32. The second kappa shape index (κ2) is 2.54. The minimum atomic E-state index is -0.781. The van der Waals surface area contributed by atoms with Crippen molar-refractivity contribution < 1.29 is 9.90 Å². The van der Waals surface area contributed by atoms with Crippen LogP contribution in [0.2, 0.25) is 0 Å². The van der Waals surface area contributed by atoms with E-state index in [4.69, 9.17) is 0 Å². The Morgan fingerprint density at radius 2 is 2.44 bits per heavy atom. The number of carbonyl (C=O) groups is 1. The van der Waals surface area contributed by atoms with Crippen LogP contribution in [0.25, 0.3) is 0 Å². The van der Waals surface area contributed by atoms with Crippen LogP contribution >= 0.6 is 11.8 Å². The van der Waals surface area contributed by atoms with Crippen LogP contribution in [0.15, 0.2) is 28.8 Å². The van der Waals surface area contributed by atoms with Gasteiger partial charge in [-0.15, -0.1) is 0 Å². The highest BCUT2D eigenvalue weighted by atomic mass is 32.2. The van der Waals surface area contributed by atoms with Gasteiger partial charge in [-0.05, 0) is 11.6 Å². The van der Waals surface area contributed by atoms with E-state index in [1.54, 1.807) is 11.8 Å². The summed E-state index contributed by atoms with van der Waals surface area (Å²) in [4.78, 5) is 13.7. The van der Waals surface area contributed by atoms with E-state index in [0.717, 1.165) is 22.7 Å². The molecule has 1 spiro atoms. The van der Waals surface area contributed by atoms with Crippen LogP contribution in [0.3, 0.4) is 0 Å². The van der Waals surface area contributed by atoms with Crippen LogP contribution in [0, 0.1) is 0 Å². The number of nitrogens with zero attached hydrogens (tertiary/aromatic N) is 1. The maximum Gasteiger partial charge on any atom is 0.334 e. The standard InChI is InChI=1S/C13H10N2O2S/c16-12(17)7-4-6-2-1-3-8-10(6)15-11(7)18-9-5-13(9,15)14-8/h1-3,9,14H,4-5H2,(H,16,17). The summed E-state index contributed by atoms with van der Waals surface area (Å²) in [5.41, 5.74) is 4.05. The number of hydrogen-bond donors (Lipinski definition) is 2. The lowest BCUT2D eigenvalue weighted by Gasteiger charge is -2.30. The lowest BCUT2D eigenvalue weighted by Crippen LogP contribution is -2.37. The van der Waals surface area contributed by atoms with Gasteiger partial charge in [-0.2, -0.15) is 0 Å². The maximum atomic E-state index is 11.4. The Hall–Kier alpha value is -1.62. The molecule has 4 aliphatic rings. The van der Waals surface area contributed by atoms with E-state index < -0.39 is 5.97 Å². The van der Waals surface area contributed by atoms with E-state index in [0.29, 0.717) is 17.2 Å². The van der Waals surface area contributed by atoms with E-state index in [9.17, 15) is 9.90 Å². The highest BCUT2D eigenvalue weighted by molar-refractivity contribution is 8.04. The molecule has 4 nitrogen and oxygen atoms in total. The molecular formula is C13H10N2O2S. The first-order chi connectivity index (χ1) is 8.71. The zero-order valence-electron chi connectivity index (χ0n) is 9.43. The summed E-state index contributed by atoms with van der Waals surface area (Å²) in [6.07, 6.45) is 1.64. The molecular weight excluding hydrogens is 248 g/mol. The lowest BCUT2D eigenvalue weighted by molar-refractivity contribution is -0.132. The number of carboxylic acid groups (broad SMARTS) is 1. The van der Waals surface area contributed by atoms with Gasteiger partial charge in [0.25, 0.3) is 0 Å². The molecule has 1 aliphatic carbocycles. The molecule has 0 radical (unpaired) electrons. The first kappa shape index (κ1) is 9.33. The number of thioether (sulfide) groups is 1. The molecule has 0 aromatic heterocycles. The van der Waals surface area contributed by atoms with Crippen molar-refractivity contribution in [2.75, 3.05) is 10.2 Å². The molecule has 1 saturated heterocycles. The van der Waals surface area contributed by atoms with E-state index in [-0.39, 0.29) is 5.66 Å². The van der Waals surface area contributed by atoms with Gasteiger partial charge in [0.1, 0.15) is 5.66 Å². The van der Waals surface area contributed by atoms with Gasteiger partial charge in [0.15, 0.2) is 0 Å². The molecule has 5 rings (SSSR count). The van der Waals surface area contributed by atoms with Crippen molar-refractivity contribution in [3.8, 4) is 0 Å². The maximum absolute atomic E-state index is 11.4. The van der Waals surface area contributed by atoms with Crippen molar-refractivity contribution in [3.63, 3.8) is 0 Å². The zero-order valence-corrected chi connectivity index (χ0v) is 10.3. The van der Waals surface area contributed by atoms with E-state index in [1.807, 2.05) is 12.1 Å². The molecule has 2 fully saturated rings. The van der Waals surface area contributed by atoms with Crippen LogP contribution in [0.4, 0.5) is 11.4 Å². The molecule has 3 heterocycles. The van der Waals surface area contributed by atoms with Gasteiger partial charge < -0.3 is 15.3 Å². The number of carboxylic acids is 1. The summed E-state index contributed by atoms with van der Waals surface area (Å²) in [6.45, 7) is 0. The second-order valence-electron chi connectivity index (χ2n) is 5.27. The van der Waals surface area contributed by atoms with Crippen molar-refractivity contribution >= 4 is 29.1 Å². The number of aliphatic carboxylic acids is 1. The third-order valence-corrected chi connectivity index (χ3v) is 5.80. The molecule has 2 unspecified atom stereocenters. The second-order valence-corrected chi connectivity index (χ2v) is 6.47. The van der Waals surface area contributed by atoms with Crippen LogP contribution in [0.5, 0.6) is 0 Å². The normalized spacial score (nSPS) is 33.1. The highest BCUT2D eigenvalue weighted by Crippen LogP contribution is 2.69. The third kappa shape index (κ3) is 0.810. The van der Waals surface area contributed by atoms with Crippen molar-refractivity contribution in [1.29, 1.82) is 0 Å². The van der Waals surface area contributed by atoms with Gasteiger partial charge in [-0.1, -0.05) is 23.9 Å². The molecule has 0 bridgehead atoms. The predicted octanol–water partition coefficient (Wildman–Crippen LogP) is 1.99. The monoisotopic (exact) mass is 258 g/mol. The predicted molar refractivity (Wildman–Crippen MR) is 69.6 cm³/mol. The number of benzene rings is 1. The van der Waals surface area contributed by atoms with Crippen LogP contribution in [-0.4, -0.2) is 22.0 Å². The minimum absolute atomic E-state index is 0.0143. The number of hydrogen-bond acceptors (Lipinski definition) is 4. The molecule has 3 aliphatic heterocycles. The molecule has 5 heteroatoms. The average molecular weight is 258 g/mol. The first-order valence-electron chi connectivity index (χ1n) is 6.04. The van der Waals surface area contributed by atoms with Gasteiger partial charge in [-0.25, -0.2) is 4.79 Å². The zero-order chi connectivity index (χ0) is 12.1. The molecule has 90 valence electrons. The van der Waals surface area contributed by atoms with E-state index in [2.05, 4.69) is 16.3 Å². The summed E-state index contributed by atoms with van der Waals surface area (Å²) in [7, 11) is 0. The van der Waals surface area contributed by atoms with Gasteiger partial charge >= 0.3 is 5.97 Å². The van der Waals surface area contributed by atoms with Gasteiger partial charge in [0, 0.05) is 12.8 Å². The first-order valence-corrected chi connectivity index (χ1v) is 6.92. The quantitative estimate of drug-likeness (QED) is 0.806. The van der Waals surface area contributed by atoms with Crippen molar-refractivity contribution in [1.82, 2.24) is 0 Å². The van der Waals surface area contributed by atoms with Crippen molar-refractivity contribution in [3.05, 3.63) is 34.4 Å². The highest BCUT2D eigenvalue weighted by Gasteiger charge is 2.70. The average Bonchev–Trinajstić information content (AvgIpc) is 2.78. The summed E-state index contributed by atoms with van der Waals surface area (Å²) in [5, 5.41) is 14.5. The molecule has 1 aromatic rings. The van der Waals surface area contributed by atoms with Gasteiger partial charge in [0.2, 0.25) is 0 Å². The van der Waals surface area contributed by atoms with Gasteiger partial charge in [0.05, 0.1) is 27.2 Å². The Morgan fingerprint density at radius 1 is 1.56 bits per heavy atom. The minimum Gasteiger partial charge on any atom is -0.478 e. The number of rotatable bonds is 1. The molecule has 2 N–H and O–H groups in total. The van der Waals surface area contributed by atoms with Crippen LogP contribution in [0.1, 0.15) is 12.0 Å². The number of anilines is 2. The Balaban J connectivity index is 1.84. The van der Waals surface area contributed by atoms with E-state index >= 15 is 0 Å². The topological polar surface area (TPSA) is 52.6 Å². The molecule has 1 aromatic carbocycles. The smallest absolute Gasteiger partial charge is 0.334 e. The van der Waals surface area contributed by atoms with E-state index in [1.165, 1.54) is 5.69 Å². The molecule has 18 heavy (non-hydrogen) atoms. The van der Waals surface area contributed by atoms with Crippen molar-refractivity contribution in [2.45, 2.75) is 23.8 Å². The summed E-state index contributed by atoms with van der Waals surface area (Å²) in [6, 6.07) is 6.14. The fourth-order valence-electron chi connectivity index (χ4n) is 3.43. The van der Waals surface area contributed by atoms with Crippen LogP contribution < -0.4 is 10.2 Å².